The van der Waals surface area contributed by atoms with Crippen LogP contribution in [0.15, 0.2) is 33.8 Å². The van der Waals surface area contributed by atoms with E-state index in [0.29, 0.717) is 5.39 Å². The maximum absolute atomic E-state index is 12.3. The van der Waals surface area contributed by atoms with E-state index in [1.807, 2.05) is 0 Å². The predicted molar refractivity (Wildman–Crippen MR) is 71.8 cm³/mol. The lowest BCUT2D eigenvalue weighted by Crippen LogP contribution is -2.28. The van der Waals surface area contributed by atoms with Gasteiger partial charge < -0.3 is 4.98 Å². The third kappa shape index (κ3) is 2.30. The zero-order valence-electron chi connectivity index (χ0n) is 9.65. The molecular weight excluding hydrogens is 323 g/mol. The fourth-order valence-electron chi connectivity index (χ4n) is 1.69. The van der Waals surface area contributed by atoms with Crippen LogP contribution in [0, 0.1) is 0 Å². The van der Waals surface area contributed by atoms with E-state index in [1.54, 1.807) is 18.2 Å². The number of hydrogen-bond acceptors (Lipinski definition) is 2. The third-order valence-corrected chi connectivity index (χ3v) is 5.08. The second kappa shape index (κ2) is 4.99. The van der Waals surface area contributed by atoms with Crippen molar-refractivity contribution >= 4 is 36.9 Å². The van der Waals surface area contributed by atoms with Crippen LogP contribution in [0.25, 0.3) is 10.9 Å². The van der Waals surface area contributed by atoms with Gasteiger partial charge in [0.2, 0.25) is 10.0 Å². The average molecular weight is 335 g/mol. The standard InChI is InChI=1S/C11H12BrFN2O2S/c1-15(5-4-13)18(16,17)11-7-14-10-6-8(12)2-3-9(10)11/h2-3,6-7,14H,4-5H2,1H3. The van der Waals surface area contributed by atoms with Crippen molar-refractivity contribution in [3.05, 3.63) is 28.9 Å². The van der Waals surface area contributed by atoms with E-state index in [0.717, 1.165) is 14.3 Å². The van der Waals surface area contributed by atoms with Crippen LogP contribution in [-0.2, 0) is 10.0 Å². The molecule has 0 bridgehead atoms. The Kier molecular flexibility index (Phi) is 3.74. The molecule has 1 aromatic heterocycles. The van der Waals surface area contributed by atoms with E-state index in [-0.39, 0.29) is 11.4 Å². The molecule has 0 aliphatic carbocycles. The third-order valence-electron chi connectivity index (χ3n) is 2.69. The van der Waals surface area contributed by atoms with Crippen molar-refractivity contribution in [3.63, 3.8) is 0 Å². The van der Waals surface area contributed by atoms with Crippen molar-refractivity contribution in [2.45, 2.75) is 4.90 Å². The number of aromatic nitrogens is 1. The number of alkyl halides is 1. The first-order chi connectivity index (χ1) is 8.46. The van der Waals surface area contributed by atoms with E-state index in [9.17, 15) is 12.8 Å². The molecule has 7 heteroatoms. The number of aromatic amines is 1. The van der Waals surface area contributed by atoms with Gasteiger partial charge in [-0.2, -0.15) is 4.31 Å². The zero-order valence-corrected chi connectivity index (χ0v) is 12.1. The molecule has 1 aromatic carbocycles. The van der Waals surface area contributed by atoms with Gasteiger partial charge in [-0.25, -0.2) is 12.8 Å². The largest absolute Gasteiger partial charge is 0.360 e. The maximum Gasteiger partial charge on any atom is 0.245 e. The minimum Gasteiger partial charge on any atom is -0.360 e. The van der Waals surface area contributed by atoms with Crippen LogP contribution in [0.2, 0.25) is 0 Å². The van der Waals surface area contributed by atoms with E-state index >= 15 is 0 Å². The molecule has 0 amide bonds. The van der Waals surface area contributed by atoms with E-state index in [2.05, 4.69) is 20.9 Å². The first-order valence-corrected chi connectivity index (χ1v) is 7.49. The summed E-state index contributed by atoms with van der Waals surface area (Å²) < 4.78 is 38.6. The number of H-pyrrole nitrogens is 1. The molecule has 2 aromatic rings. The molecule has 0 saturated heterocycles. The summed E-state index contributed by atoms with van der Waals surface area (Å²) in [5.41, 5.74) is 0.719. The fourth-order valence-corrected chi connectivity index (χ4v) is 3.36. The molecule has 0 spiro atoms. The lowest BCUT2D eigenvalue weighted by atomic mass is 10.2. The van der Waals surface area contributed by atoms with Crippen molar-refractivity contribution in [1.82, 2.24) is 9.29 Å². The summed E-state index contributed by atoms with van der Waals surface area (Å²) in [5.74, 6) is 0. The van der Waals surface area contributed by atoms with Crippen molar-refractivity contribution in [3.8, 4) is 0 Å². The van der Waals surface area contributed by atoms with Gasteiger partial charge in [0.15, 0.2) is 0 Å². The Morgan fingerprint density at radius 2 is 2.17 bits per heavy atom. The normalized spacial score (nSPS) is 12.4. The Balaban J connectivity index is 2.55. The van der Waals surface area contributed by atoms with Gasteiger partial charge in [-0.15, -0.1) is 0 Å². The highest BCUT2D eigenvalue weighted by molar-refractivity contribution is 9.10. The molecule has 18 heavy (non-hydrogen) atoms. The highest BCUT2D eigenvalue weighted by atomic mass is 79.9. The van der Waals surface area contributed by atoms with Crippen LogP contribution in [0.3, 0.4) is 0 Å². The van der Waals surface area contributed by atoms with Crippen LogP contribution >= 0.6 is 15.9 Å². The maximum atomic E-state index is 12.3. The Morgan fingerprint density at radius 1 is 1.44 bits per heavy atom. The molecular formula is C11H12BrFN2O2S. The predicted octanol–water partition coefficient (Wildman–Crippen LogP) is 2.52. The summed E-state index contributed by atoms with van der Waals surface area (Å²) in [4.78, 5) is 3.07. The topological polar surface area (TPSA) is 53.2 Å². The van der Waals surface area contributed by atoms with Crippen molar-refractivity contribution in [2.75, 3.05) is 20.3 Å². The Morgan fingerprint density at radius 3 is 2.83 bits per heavy atom. The smallest absolute Gasteiger partial charge is 0.245 e. The van der Waals surface area contributed by atoms with Crippen LogP contribution in [0.4, 0.5) is 4.39 Å². The second-order valence-electron chi connectivity index (χ2n) is 3.86. The Labute approximate surface area is 113 Å². The number of rotatable bonds is 4. The van der Waals surface area contributed by atoms with Crippen molar-refractivity contribution in [2.24, 2.45) is 0 Å². The minimum absolute atomic E-state index is 0.147. The minimum atomic E-state index is -3.65. The van der Waals surface area contributed by atoms with Gasteiger partial charge in [0, 0.05) is 35.2 Å². The number of halogens is 2. The van der Waals surface area contributed by atoms with Crippen LogP contribution < -0.4 is 0 Å². The highest BCUT2D eigenvalue weighted by Crippen LogP contribution is 2.27. The van der Waals surface area contributed by atoms with Gasteiger partial charge in [0.25, 0.3) is 0 Å². The molecule has 0 saturated carbocycles. The summed E-state index contributed by atoms with van der Waals surface area (Å²) in [6.45, 7) is -0.852. The number of nitrogens with zero attached hydrogens (tertiary/aromatic N) is 1. The van der Waals surface area contributed by atoms with Gasteiger partial charge >= 0.3 is 0 Å². The monoisotopic (exact) mass is 334 g/mol. The van der Waals surface area contributed by atoms with Gasteiger partial charge in [0.1, 0.15) is 11.6 Å². The van der Waals surface area contributed by atoms with Gasteiger partial charge in [-0.05, 0) is 12.1 Å². The lowest BCUT2D eigenvalue weighted by molar-refractivity contribution is 0.394. The van der Waals surface area contributed by atoms with E-state index < -0.39 is 16.7 Å². The van der Waals surface area contributed by atoms with Gasteiger partial charge in [-0.1, -0.05) is 22.0 Å². The molecule has 1 heterocycles. The summed E-state index contributed by atoms with van der Waals surface area (Å²) in [7, 11) is -2.28. The molecule has 2 rings (SSSR count). The Hall–Kier alpha value is -0.920. The number of hydrogen-bond donors (Lipinski definition) is 1. The molecule has 0 atom stereocenters. The molecule has 0 fully saturated rings. The molecule has 0 aliphatic rings. The zero-order chi connectivity index (χ0) is 13.3. The van der Waals surface area contributed by atoms with Crippen LogP contribution in [0.1, 0.15) is 0 Å². The molecule has 4 nitrogen and oxygen atoms in total. The summed E-state index contributed by atoms with van der Waals surface area (Å²) in [5, 5.41) is 0.601. The summed E-state index contributed by atoms with van der Waals surface area (Å²) >= 11 is 3.32. The van der Waals surface area contributed by atoms with Crippen molar-refractivity contribution in [1.29, 1.82) is 0 Å². The SMILES string of the molecule is CN(CCF)S(=O)(=O)c1c[nH]c2cc(Br)ccc12. The van der Waals surface area contributed by atoms with Crippen molar-refractivity contribution < 1.29 is 12.8 Å². The Bertz CT molecular complexity index is 669. The lowest BCUT2D eigenvalue weighted by Gasteiger charge is -2.14. The second-order valence-corrected chi connectivity index (χ2v) is 6.79. The molecule has 0 unspecified atom stereocenters. The number of fused-ring (bicyclic) bond motifs is 1. The highest BCUT2D eigenvalue weighted by Gasteiger charge is 2.23. The average Bonchev–Trinajstić information content (AvgIpc) is 2.72. The quantitative estimate of drug-likeness (QED) is 0.933. The first-order valence-electron chi connectivity index (χ1n) is 5.26. The van der Waals surface area contributed by atoms with Crippen LogP contribution in [-0.4, -0.2) is 38.0 Å². The molecule has 0 aliphatic heterocycles. The van der Waals surface area contributed by atoms with Crippen LogP contribution in [0.5, 0.6) is 0 Å². The van der Waals surface area contributed by atoms with Gasteiger partial charge in [-0.3, -0.25) is 0 Å². The molecule has 1 N–H and O–H groups in total. The van der Waals surface area contributed by atoms with Gasteiger partial charge in [0.05, 0.1) is 0 Å². The summed E-state index contributed by atoms with van der Waals surface area (Å²) in [6.07, 6.45) is 1.43. The summed E-state index contributed by atoms with van der Waals surface area (Å²) in [6, 6.07) is 5.28. The molecule has 98 valence electrons. The van der Waals surface area contributed by atoms with E-state index in [4.69, 9.17) is 0 Å². The first kappa shape index (κ1) is 13.5. The number of sulfonamides is 1. The fraction of sp³-hybridized carbons (Fsp3) is 0.273. The van der Waals surface area contributed by atoms with E-state index in [1.165, 1.54) is 13.2 Å². The number of benzene rings is 1. The number of nitrogens with one attached hydrogen (secondary N) is 1. The molecule has 0 radical (unpaired) electrons.